The van der Waals surface area contributed by atoms with Crippen molar-refractivity contribution < 1.29 is 4.42 Å². The fourth-order valence-electron chi connectivity index (χ4n) is 9.67. The van der Waals surface area contributed by atoms with E-state index in [1.54, 1.807) is 0 Å². The minimum atomic E-state index is 0.563. The molecule has 9 aromatic carbocycles. The Morgan fingerprint density at radius 3 is 1.53 bits per heavy atom. The summed E-state index contributed by atoms with van der Waals surface area (Å²) < 4.78 is 13.6. The van der Waals surface area contributed by atoms with Crippen LogP contribution in [-0.2, 0) is 0 Å². The fourth-order valence-corrected chi connectivity index (χ4v) is 9.67. The molecule has 0 atom stereocenters. The quantitative estimate of drug-likeness (QED) is 0.168. The van der Waals surface area contributed by atoms with E-state index in [4.69, 9.17) is 9.40 Å². The minimum absolute atomic E-state index is 0.563. The van der Waals surface area contributed by atoms with Gasteiger partial charge in [-0.25, -0.2) is 0 Å². The summed E-state index contributed by atoms with van der Waals surface area (Å²) in [6.45, 7) is 0. The first-order chi connectivity index (χ1) is 30.7. The maximum absolute atomic E-state index is 6.60. The van der Waals surface area contributed by atoms with Gasteiger partial charge in [-0.2, -0.15) is 4.98 Å². The molecule has 0 fully saturated rings. The molecule has 0 aliphatic heterocycles. The molecular weight excluding hydrogens is 757 g/mol. The molecule has 4 heterocycles. The average Bonchev–Trinajstić information content (AvgIpc) is 4.08. The molecule has 13 rings (SSSR count). The summed E-state index contributed by atoms with van der Waals surface area (Å²) in [6, 6.07) is 78.0. The summed E-state index contributed by atoms with van der Waals surface area (Å²) >= 11 is 0. The Labute approximate surface area is 356 Å². The van der Waals surface area contributed by atoms with E-state index in [1.807, 2.05) is 6.07 Å². The van der Waals surface area contributed by atoms with Crippen LogP contribution in [0, 0.1) is 0 Å². The Balaban J connectivity index is 1.01. The first-order valence-corrected chi connectivity index (χ1v) is 21.0. The van der Waals surface area contributed by atoms with Crippen molar-refractivity contribution in [3.8, 4) is 56.1 Å². The molecule has 0 unspecified atom stereocenters. The van der Waals surface area contributed by atoms with Gasteiger partial charge in [0.2, 0.25) is 0 Å². The third kappa shape index (κ3) is 5.25. The van der Waals surface area contributed by atoms with Crippen molar-refractivity contribution in [2.75, 3.05) is 0 Å². The molecule has 4 aromatic heterocycles. The zero-order valence-electron chi connectivity index (χ0n) is 33.5. The van der Waals surface area contributed by atoms with Gasteiger partial charge in [-0.15, -0.1) is 0 Å². The second kappa shape index (κ2) is 13.6. The zero-order chi connectivity index (χ0) is 40.7. The number of aromatic nitrogens is 4. The third-order valence-corrected chi connectivity index (χ3v) is 12.5. The zero-order valence-corrected chi connectivity index (χ0v) is 33.5. The van der Waals surface area contributed by atoms with Crippen LogP contribution in [-0.4, -0.2) is 18.5 Å². The SMILES string of the molecule is c1ccc(-c2cccc(-n3c4ccccc4c4cc(-c5c(-c6ccccc6)nc6oc7ccc(-c8ccc9c(c8)c8ccccc8n9-c8ccccc8)cc7n56)ccc43)c2)cc1. The average molecular weight is 793 g/mol. The van der Waals surface area contributed by atoms with Gasteiger partial charge in [0.15, 0.2) is 5.58 Å². The molecule has 0 amide bonds. The highest BCUT2D eigenvalue weighted by atomic mass is 16.4. The van der Waals surface area contributed by atoms with E-state index in [-0.39, 0.29) is 0 Å². The monoisotopic (exact) mass is 792 g/mol. The molecule has 0 spiro atoms. The Bertz CT molecular complexity index is 3850. The molecule has 0 aliphatic rings. The van der Waals surface area contributed by atoms with Crippen molar-refractivity contribution in [1.29, 1.82) is 0 Å². The second-order valence-corrected chi connectivity index (χ2v) is 16.0. The van der Waals surface area contributed by atoms with Gasteiger partial charge in [0.05, 0.1) is 33.3 Å². The lowest BCUT2D eigenvalue weighted by Crippen LogP contribution is -1.94. The molecule has 0 N–H and O–H groups in total. The van der Waals surface area contributed by atoms with Gasteiger partial charge in [0.25, 0.3) is 0 Å². The molecule has 290 valence electrons. The number of hydrogen-bond acceptors (Lipinski definition) is 2. The summed E-state index contributed by atoms with van der Waals surface area (Å²) in [5.74, 6) is 0.563. The highest BCUT2D eigenvalue weighted by Crippen LogP contribution is 2.42. The Kier molecular flexibility index (Phi) is 7.54. The summed E-state index contributed by atoms with van der Waals surface area (Å²) in [6.07, 6.45) is 0. The van der Waals surface area contributed by atoms with Gasteiger partial charge in [0, 0.05) is 44.0 Å². The van der Waals surface area contributed by atoms with Crippen molar-refractivity contribution in [1.82, 2.24) is 18.5 Å². The third-order valence-electron chi connectivity index (χ3n) is 12.5. The standard InChI is InChI=1S/C57H36N4O/c1-4-15-37(16-5-1)39-19-14-22-44(33-39)60-50-26-13-11-24-46(50)48-35-42(28-31-52(48)60)56-55(38-17-6-2-7-18-38)58-57-61(56)53-36-41(29-32-54(53)62-57)40-27-30-51-47(34-40)45-23-10-12-25-49(45)59(51)43-20-8-3-9-21-43/h1-36H. The number of nitrogens with zero attached hydrogens (tertiary/aromatic N) is 4. The van der Waals surface area contributed by atoms with Crippen molar-refractivity contribution in [3.05, 3.63) is 218 Å². The van der Waals surface area contributed by atoms with Gasteiger partial charge < -0.3 is 13.6 Å². The van der Waals surface area contributed by atoms with Crippen molar-refractivity contribution >= 4 is 60.6 Å². The lowest BCUT2D eigenvalue weighted by Gasteiger charge is -2.11. The molecule has 0 aliphatic carbocycles. The number of imidazole rings is 1. The van der Waals surface area contributed by atoms with Crippen LogP contribution in [0.3, 0.4) is 0 Å². The van der Waals surface area contributed by atoms with Crippen molar-refractivity contribution in [3.63, 3.8) is 0 Å². The van der Waals surface area contributed by atoms with Crippen LogP contribution in [0.2, 0.25) is 0 Å². The summed E-state index contributed by atoms with van der Waals surface area (Å²) in [4.78, 5) is 5.23. The van der Waals surface area contributed by atoms with Crippen molar-refractivity contribution in [2.24, 2.45) is 0 Å². The Morgan fingerprint density at radius 1 is 0.323 bits per heavy atom. The molecule has 13 aromatic rings. The summed E-state index contributed by atoms with van der Waals surface area (Å²) in [5, 5.41) is 4.81. The van der Waals surface area contributed by atoms with Crippen LogP contribution in [0.1, 0.15) is 0 Å². The van der Waals surface area contributed by atoms with Gasteiger partial charge in [-0.05, 0) is 95.1 Å². The maximum Gasteiger partial charge on any atom is 0.307 e. The molecule has 62 heavy (non-hydrogen) atoms. The molecule has 0 saturated carbocycles. The van der Waals surface area contributed by atoms with Crippen LogP contribution in [0.5, 0.6) is 0 Å². The number of benzene rings is 9. The predicted octanol–water partition coefficient (Wildman–Crippen LogP) is 14.9. The first kappa shape index (κ1) is 34.5. The maximum atomic E-state index is 6.60. The van der Waals surface area contributed by atoms with E-state index in [2.05, 4.69) is 226 Å². The van der Waals surface area contributed by atoms with E-state index in [9.17, 15) is 0 Å². The molecule has 5 nitrogen and oxygen atoms in total. The van der Waals surface area contributed by atoms with Gasteiger partial charge in [0.1, 0.15) is 5.69 Å². The molecule has 0 bridgehead atoms. The Morgan fingerprint density at radius 2 is 0.823 bits per heavy atom. The van der Waals surface area contributed by atoms with Crippen LogP contribution in [0.15, 0.2) is 223 Å². The fraction of sp³-hybridized carbons (Fsp3) is 0. The van der Waals surface area contributed by atoms with E-state index >= 15 is 0 Å². The molecule has 0 radical (unpaired) electrons. The van der Waals surface area contributed by atoms with E-state index in [1.165, 1.54) is 43.7 Å². The summed E-state index contributed by atoms with van der Waals surface area (Å²) in [7, 11) is 0. The highest BCUT2D eigenvalue weighted by molar-refractivity contribution is 6.12. The second-order valence-electron chi connectivity index (χ2n) is 16.0. The van der Waals surface area contributed by atoms with Gasteiger partial charge in [-0.1, -0.05) is 146 Å². The van der Waals surface area contributed by atoms with E-state index in [0.29, 0.717) is 5.84 Å². The number of para-hydroxylation sites is 3. The first-order valence-electron chi connectivity index (χ1n) is 21.0. The lowest BCUT2D eigenvalue weighted by molar-refractivity contribution is 0.642. The summed E-state index contributed by atoms with van der Waals surface area (Å²) in [5.41, 5.74) is 17.3. The number of rotatable bonds is 6. The smallest absolute Gasteiger partial charge is 0.307 e. The topological polar surface area (TPSA) is 40.3 Å². The van der Waals surface area contributed by atoms with Gasteiger partial charge in [-0.3, -0.25) is 4.40 Å². The normalized spacial score (nSPS) is 11.9. The van der Waals surface area contributed by atoms with E-state index in [0.717, 1.165) is 67.1 Å². The van der Waals surface area contributed by atoms with Crippen LogP contribution in [0.25, 0.3) is 117 Å². The number of hydrogen-bond donors (Lipinski definition) is 0. The predicted molar refractivity (Wildman–Crippen MR) is 255 cm³/mol. The Hall–Kier alpha value is -8.41. The van der Waals surface area contributed by atoms with Crippen LogP contribution < -0.4 is 0 Å². The van der Waals surface area contributed by atoms with Gasteiger partial charge >= 0.3 is 5.84 Å². The van der Waals surface area contributed by atoms with Crippen LogP contribution >= 0.6 is 0 Å². The molecule has 5 heteroatoms. The number of oxazole rings is 1. The molecular formula is C57H36N4O. The minimum Gasteiger partial charge on any atom is -0.423 e. The highest BCUT2D eigenvalue weighted by Gasteiger charge is 2.23. The van der Waals surface area contributed by atoms with Crippen molar-refractivity contribution in [2.45, 2.75) is 0 Å². The number of fused-ring (bicyclic) bond motifs is 9. The molecule has 0 saturated heterocycles. The van der Waals surface area contributed by atoms with Crippen LogP contribution in [0.4, 0.5) is 0 Å². The lowest BCUT2D eigenvalue weighted by atomic mass is 10.0. The van der Waals surface area contributed by atoms with E-state index < -0.39 is 0 Å². The largest absolute Gasteiger partial charge is 0.423 e.